The van der Waals surface area contributed by atoms with E-state index in [0.29, 0.717) is 0 Å². The van der Waals surface area contributed by atoms with Gasteiger partial charge in [-0.15, -0.1) is 0 Å². The molecule has 0 amide bonds. The summed E-state index contributed by atoms with van der Waals surface area (Å²) in [6.07, 6.45) is -4.76. The largest absolute Gasteiger partial charge is 0.394 e. The number of ether oxygens (including phenoxy) is 1. The van der Waals surface area contributed by atoms with Crippen LogP contribution >= 0.6 is 0 Å². The quantitative estimate of drug-likeness (QED) is 0.243. The van der Waals surface area contributed by atoms with Gasteiger partial charge < -0.3 is 30.1 Å². The second kappa shape index (κ2) is 6.67. The highest BCUT2D eigenvalue weighted by molar-refractivity contribution is 5.64. The van der Waals surface area contributed by atoms with Crippen molar-refractivity contribution >= 4 is 5.97 Å². The molecule has 90 valence electrons. The zero-order chi connectivity index (χ0) is 12.0. The van der Waals surface area contributed by atoms with Crippen molar-refractivity contribution in [3.63, 3.8) is 0 Å². The van der Waals surface area contributed by atoms with Crippen LogP contribution in [0, 0.1) is 0 Å². The van der Waals surface area contributed by atoms with Crippen molar-refractivity contribution in [3.8, 4) is 0 Å². The van der Waals surface area contributed by atoms with Crippen LogP contribution in [0.5, 0.6) is 0 Å². The average molecular weight is 226 g/mol. The molecule has 0 aromatic heterocycles. The first-order valence-corrected chi connectivity index (χ1v) is 4.06. The average Bonchev–Trinajstić information content (AvgIpc) is 2.46. The Morgan fingerprint density at radius 1 is 1.33 bits per heavy atom. The van der Waals surface area contributed by atoms with E-state index in [1.54, 1.807) is 0 Å². The first-order chi connectivity index (χ1) is 6.93. The fourth-order valence-electron chi connectivity index (χ4n) is 0.880. The van der Waals surface area contributed by atoms with E-state index in [0.717, 1.165) is 6.92 Å². The van der Waals surface area contributed by atoms with Crippen LogP contribution in [0.4, 0.5) is 0 Å². The number of aliphatic hydroxyl groups is 4. The number of rotatable bonds is 1. The summed E-state index contributed by atoms with van der Waals surface area (Å²) in [6, 6.07) is 0. The van der Waals surface area contributed by atoms with Crippen molar-refractivity contribution in [2.24, 2.45) is 0 Å². The summed E-state index contributed by atoms with van der Waals surface area (Å²) < 4.78 is 4.54. The summed E-state index contributed by atoms with van der Waals surface area (Å²) in [4.78, 5) is 12.5. The van der Waals surface area contributed by atoms with Crippen LogP contribution in [-0.4, -0.2) is 62.9 Å². The second-order valence-electron chi connectivity index (χ2n) is 2.81. The predicted molar refractivity (Wildman–Crippen MR) is 44.4 cm³/mol. The molecule has 0 aliphatic carbocycles. The molecule has 1 fully saturated rings. The summed E-state index contributed by atoms with van der Waals surface area (Å²) in [5, 5.41) is 42.2. The van der Waals surface area contributed by atoms with Crippen LogP contribution in [0.3, 0.4) is 0 Å². The van der Waals surface area contributed by atoms with Crippen molar-refractivity contribution in [3.05, 3.63) is 0 Å². The van der Waals surface area contributed by atoms with E-state index in [-0.39, 0.29) is 0 Å². The zero-order valence-corrected chi connectivity index (χ0v) is 7.98. The molecule has 0 spiro atoms. The summed E-state index contributed by atoms with van der Waals surface area (Å²) >= 11 is 0. The van der Waals surface area contributed by atoms with Crippen molar-refractivity contribution in [1.29, 1.82) is 0 Å². The van der Waals surface area contributed by atoms with E-state index in [2.05, 4.69) is 9.62 Å². The molecule has 1 aliphatic rings. The summed E-state index contributed by atoms with van der Waals surface area (Å²) in [5.41, 5.74) is 0. The lowest BCUT2D eigenvalue weighted by Crippen LogP contribution is -2.33. The van der Waals surface area contributed by atoms with Gasteiger partial charge in [-0.25, -0.2) is 4.79 Å². The molecular weight excluding hydrogens is 212 g/mol. The lowest BCUT2D eigenvalue weighted by Gasteiger charge is -2.09. The molecule has 4 atom stereocenters. The van der Waals surface area contributed by atoms with Gasteiger partial charge in [-0.2, -0.15) is 5.26 Å². The Balaban J connectivity index is 0.000000336. The van der Waals surface area contributed by atoms with Crippen LogP contribution in [0.15, 0.2) is 0 Å². The Morgan fingerprint density at radius 2 is 1.80 bits per heavy atom. The molecule has 1 rings (SSSR count). The molecule has 8 nitrogen and oxygen atoms in total. The summed E-state index contributed by atoms with van der Waals surface area (Å²) in [5.74, 6) is -0.690. The molecule has 1 unspecified atom stereocenters. The fourth-order valence-corrected chi connectivity index (χ4v) is 0.880. The Bertz CT molecular complexity index is 195. The molecule has 15 heavy (non-hydrogen) atoms. The third-order valence-electron chi connectivity index (χ3n) is 1.65. The molecule has 1 aliphatic heterocycles. The minimum Gasteiger partial charge on any atom is -0.394 e. The lowest BCUT2D eigenvalue weighted by molar-refractivity contribution is -0.231. The van der Waals surface area contributed by atoms with Gasteiger partial charge in [-0.05, 0) is 0 Å². The van der Waals surface area contributed by atoms with Gasteiger partial charge in [0.05, 0.1) is 6.61 Å². The Labute approximate surface area is 85.2 Å². The molecule has 0 aromatic carbocycles. The predicted octanol–water partition coefficient (Wildman–Crippen LogP) is -2.56. The highest BCUT2D eigenvalue weighted by atomic mass is 17.1. The monoisotopic (exact) mass is 226 g/mol. The maximum absolute atomic E-state index is 9.34. The lowest BCUT2D eigenvalue weighted by atomic mass is 10.1. The molecule has 1 saturated heterocycles. The van der Waals surface area contributed by atoms with E-state index in [9.17, 15) is 4.79 Å². The maximum Gasteiger partial charge on any atom is 0.339 e. The first-order valence-electron chi connectivity index (χ1n) is 4.06. The van der Waals surface area contributed by atoms with Gasteiger partial charge in [0.2, 0.25) is 0 Å². The van der Waals surface area contributed by atoms with Crippen LogP contribution in [0.25, 0.3) is 0 Å². The molecule has 0 saturated carbocycles. The number of hydrogen-bond donors (Lipinski definition) is 5. The minimum atomic E-state index is -1.38. The molecule has 5 N–H and O–H groups in total. The van der Waals surface area contributed by atoms with E-state index in [1.807, 2.05) is 0 Å². The van der Waals surface area contributed by atoms with Gasteiger partial charge >= 0.3 is 5.97 Å². The van der Waals surface area contributed by atoms with Gasteiger partial charge in [0.15, 0.2) is 6.29 Å². The number of hydrogen-bond acceptors (Lipinski definition) is 8. The van der Waals surface area contributed by atoms with Crippen LogP contribution in [-0.2, 0) is 14.4 Å². The van der Waals surface area contributed by atoms with E-state index >= 15 is 0 Å². The third kappa shape index (κ3) is 4.51. The van der Waals surface area contributed by atoms with Gasteiger partial charge in [0.1, 0.15) is 18.3 Å². The first kappa shape index (κ1) is 14.2. The molecular formula is C7H14O8. The van der Waals surface area contributed by atoms with Crippen LogP contribution in [0.2, 0.25) is 0 Å². The molecule has 1 heterocycles. The summed E-state index contributed by atoms with van der Waals surface area (Å²) in [6.45, 7) is 0.704. The Morgan fingerprint density at radius 3 is 1.93 bits per heavy atom. The Hall–Kier alpha value is -0.770. The zero-order valence-electron chi connectivity index (χ0n) is 7.98. The standard InChI is InChI=1S/C5H10O5.C2H4O3/c6-1-2-3(7)4(8)5(9)10-2;1-2(3)5-4/h2-9H,1H2;4H,1H3/t2-,3-,4-,5?;/m1./s1. The smallest absolute Gasteiger partial charge is 0.339 e. The molecule has 0 bridgehead atoms. The van der Waals surface area contributed by atoms with Gasteiger partial charge in [-0.3, -0.25) is 0 Å². The summed E-state index contributed by atoms with van der Waals surface area (Å²) in [7, 11) is 0. The highest BCUT2D eigenvalue weighted by Gasteiger charge is 2.41. The van der Waals surface area contributed by atoms with Crippen LogP contribution in [0.1, 0.15) is 6.92 Å². The number of carbonyl (C=O) groups excluding carboxylic acids is 1. The van der Waals surface area contributed by atoms with Crippen molar-refractivity contribution in [2.45, 2.75) is 31.5 Å². The van der Waals surface area contributed by atoms with E-state index in [4.69, 9.17) is 25.7 Å². The highest BCUT2D eigenvalue weighted by Crippen LogP contribution is 2.18. The number of carbonyl (C=O) groups is 1. The van der Waals surface area contributed by atoms with Crippen molar-refractivity contribution in [2.75, 3.05) is 6.61 Å². The van der Waals surface area contributed by atoms with Crippen molar-refractivity contribution < 1.29 is 40.1 Å². The third-order valence-corrected chi connectivity index (χ3v) is 1.65. The number of aliphatic hydroxyl groups excluding tert-OH is 4. The van der Waals surface area contributed by atoms with E-state index in [1.165, 1.54) is 0 Å². The SMILES string of the molecule is CC(=O)OO.OC[C@H]1OC(O)[C@H](O)[C@@H]1O. The topological polar surface area (TPSA) is 137 Å². The molecule has 8 heteroatoms. The minimum absolute atomic E-state index is 0.407. The van der Waals surface area contributed by atoms with E-state index < -0.39 is 37.2 Å². The second-order valence-corrected chi connectivity index (χ2v) is 2.81. The van der Waals surface area contributed by atoms with Crippen molar-refractivity contribution in [1.82, 2.24) is 0 Å². The van der Waals surface area contributed by atoms with Gasteiger partial charge in [-0.1, -0.05) is 0 Å². The van der Waals surface area contributed by atoms with Gasteiger partial charge in [0, 0.05) is 6.92 Å². The fraction of sp³-hybridized carbons (Fsp3) is 0.857. The van der Waals surface area contributed by atoms with Gasteiger partial charge in [0.25, 0.3) is 0 Å². The maximum atomic E-state index is 9.34. The molecule has 0 aromatic rings. The molecule has 0 radical (unpaired) electrons. The normalized spacial score (nSPS) is 34.3. The van der Waals surface area contributed by atoms with Crippen LogP contribution < -0.4 is 0 Å². The Kier molecular flexibility index (Phi) is 6.32.